The quantitative estimate of drug-likeness (QED) is 0.396. The van der Waals surface area contributed by atoms with Crippen molar-refractivity contribution in [3.63, 3.8) is 0 Å². The molecule has 1 fully saturated rings. The number of benzene rings is 2. The molecule has 0 saturated carbocycles. The van der Waals surface area contributed by atoms with Crippen LogP contribution in [0.3, 0.4) is 0 Å². The van der Waals surface area contributed by atoms with Gasteiger partial charge in [0.25, 0.3) is 11.8 Å². The molecule has 2 heterocycles. The van der Waals surface area contributed by atoms with Gasteiger partial charge < -0.3 is 4.42 Å². The van der Waals surface area contributed by atoms with E-state index in [0.29, 0.717) is 28.1 Å². The summed E-state index contributed by atoms with van der Waals surface area (Å²) >= 11 is 6.03. The van der Waals surface area contributed by atoms with E-state index in [0.717, 1.165) is 22.4 Å². The van der Waals surface area contributed by atoms with Crippen LogP contribution >= 0.6 is 11.6 Å². The molecule has 1 aromatic heterocycles. The molecule has 32 heavy (non-hydrogen) atoms. The second-order valence-electron chi connectivity index (χ2n) is 7.57. The van der Waals surface area contributed by atoms with Crippen molar-refractivity contribution in [1.29, 1.82) is 0 Å². The van der Waals surface area contributed by atoms with Gasteiger partial charge in [-0.05, 0) is 60.4 Å². The lowest BCUT2D eigenvalue weighted by molar-refractivity contribution is -0.122. The molecule has 1 aliphatic rings. The zero-order chi connectivity index (χ0) is 22.8. The maximum absolute atomic E-state index is 13.1. The smallest absolute Gasteiger partial charge is 0.335 e. The average Bonchev–Trinajstić information content (AvgIpc) is 3.25. The van der Waals surface area contributed by atoms with Crippen LogP contribution in [0.4, 0.5) is 10.5 Å². The first-order valence-electron chi connectivity index (χ1n) is 10.2. The fraction of sp³-hybridized carbons (Fsp3) is 0.160. The number of urea groups is 1. The van der Waals surface area contributed by atoms with E-state index >= 15 is 0 Å². The highest BCUT2D eigenvalue weighted by Crippen LogP contribution is 2.28. The number of rotatable bonds is 5. The molecule has 0 aliphatic carbocycles. The number of furan rings is 1. The summed E-state index contributed by atoms with van der Waals surface area (Å²) in [5.41, 5.74) is 2.07. The predicted molar refractivity (Wildman–Crippen MR) is 123 cm³/mol. The molecule has 4 rings (SSSR count). The Morgan fingerprint density at radius 2 is 1.81 bits per heavy atom. The van der Waals surface area contributed by atoms with Crippen LogP contribution < -0.4 is 10.2 Å². The fourth-order valence-electron chi connectivity index (χ4n) is 3.45. The van der Waals surface area contributed by atoms with Crippen molar-refractivity contribution in [3.05, 3.63) is 82.6 Å². The van der Waals surface area contributed by atoms with Gasteiger partial charge in [0, 0.05) is 10.6 Å². The second-order valence-corrected chi connectivity index (χ2v) is 8.01. The zero-order valence-corrected chi connectivity index (χ0v) is 18.3. The predicted octanol–water partition coefficient (Wildman–Crippen LogP) is 5.78. The van der Waals surface area contributed by atoms with E-state index < -0.39 is 17.8 Å². The number of imide groups is 2. The molecule has 4 amide bonds. The van der Waals surface area contributed by atoms with Gasteiger partial charge in [0.05, 0.1) is 5.69 Å². The Labute approximate surface area is 190 Å². The lowest BCUT2D eigenvalue weighted by Crippen LogP contribution is -2.54. The van der Waals surface area contributed by atoms with Crippen molar-refractivity contribution in [2.45, 2.75) is 26.2 Å². The Bertz CT molecular complexity index is 1230. The van der Waals surface area contributed by atoms with E-state index in [2.05, 4.69) is 19.2 Å². The van der Waals surface area contributed by atoms with Gasteiger partial charge in [-0.2, -0.15) is 0 Å². The Morgan fingerprint density at radius 3 is 2.50 bits per heavy atom. The molecule has 6 nitrogen and oxygen atoms in total. The topological polar surface area (TPSA) is 79.6 Å². The number of carbonyl (C=O) groups is 3. The summed E-state index contributed by atoms with van der Waals surface area (Å²) in [6.07, 6.45) is 2.31. The van der Waals surface area contributed by atoms with Gasteiger partial charge in [-0.1, -0.05) is 49.7 Å². The van der Waals surface area contributed by atoms with E-state index in [1.54, 1.807) is 42.5 Å². The summed E-state index contributed by atoms with van der Waals surface area (Å²) in [5.74, 6) is -0.278. The van der Waals surface area contributed by atoms with Crippen LogP contribution in [0.5, 0.6) is 0 Å². The number of barbiturate groups is 1. The fourth-order valence-corrected chi connectivity index (χ4v) is 3.64. The van der Waals surface area contributed by atoms with E-state index in [1.807, 2.05) is 18.2 Å². The molecule has 162 valence electrons. The normalized spacial score (nSPS) is 16.4. The minimum atomic E-state index is -0.785. The minimum absolute atomic E-state index is 0.192. The van der Waals surface area contributed by atoms with Gasteiger partial charge in [0.1, 0.15) is 17.1 Å². The number of nitrogens with one attached hydrogen (secondary N) is 1. The maximum atomic E-state index is 13.1. The van der Waals surface area contributed by atoms with Gasteiger partial charge in [0.15, 0.2) is 0 Å². The molecular formula is C25H21ClN2O4. The Morgan fingerprint density at radius 1 is 1.06 bits per heavy atom. The first-order valence-corrected chi connectivity index (χ1v) is 10.6. The second kappa shape index (κ2) is 8.85. The van der Waals surface area contributed by atoms with Crippen LogP contribution in [-0.4, -0.2) is 17.8 Å². The van der Waals surface area contributed by atoms with E-state index in [9.17, 15) is 14.4 Å². The molecular weight excluding hydrogens is 428 g/mol. The van der Waals surface area contributed by atoms with Crippen LogP contribution in [0.2, 0.25) is 5.02 Å². The summed E-state index contributed by atoms with van der Waals surface area (Å²) in [7, 11) is 0. The summed E-state index contributed by atoms with van der Waals surface area (Å²) in [6, 6.07) is 16.9. The lowest BCUT2D eigenvalue weighted by atomic mass is 9.98. The van der Waals surface area contributed by atoms with Crippen molar-refractivity contribution < 1.29 is 18.8 Å². The van der Waals surface area contributed by atoms with Crippen LogP contribution in [-0.2, 0) is 9.59 Å². The van der Waals surface area contributed by atoms with E-state index in [-0.39, 0.29) is 5.57 Å². The van der Waals surface area contributed by atoms with Gasteiger partial charge in [0.2, 0.25) is 0 Å². The van der Waals surface area contributed by atoms with Crippen molar-refractivity contribution in [2.75, 3.05) is 4.90 Å². The Hall–Kier alpha value is -3.64. The molecule has 7 heteroatoms. The number of hydrogen-bond donors (Lipinski definition) is 1. The monoisotopic (exact) mass is 448 g/mol. The minimum Gasteiger partial charge on any atom is -0.457 e. The summed E-state index contributed by atoms with van der Waals surface area (Å²) in [6.45, 7) is 4.20. The van der Waals surface area contributed by atoms with E-state index in [4.69, 9.17) is 16.0 Å². The summed E-state index contributed by atoms with van der Waals surface area (Å²) in [4.78, 5) is 38.8. The van der Waals surface area contributed by atoms with Crippen LogP contribution in [0, 0.1) is 0 Å². The molecule has 3 aromatic rings. The number of nitrogens with zero attached hydrogens (tertiary/aromatic N) is 1. The summed E-state index contributed by atoms with van der Waals surface area (Å²) in [5, 5.41) is 2.79. The SMILES string of the molecule is CCC(C)c1ccc(N2C(=O)NC(=O)C(=Cc3ccc(-c4cccc(Cl)c4)o3)C2=O)cc1. The molecule has 0 bridgehead atoms. The number of hydrogen-bond acceptors (Lipinski definition) is 4. The zero-order valence-electron chi connectivity index (χ0n) is 17.6. The van der Waals surface area contributed by atoms with Crippen LogP contribution in [0.25, 0.3) is 17.4 Å². The largest absolute Gasteiger partial charge is 0.457 e. The Kier molecular flexibility index (Phi) is 5.97. The average molecular weight is 449 g/mol. The van der Waals surface area contributed by atoms with Crippen molar-refractivity contribution >= 4 is 41.2 Å². The molecule has 1 saturated heterocycles. The Balaban J connectivity index is 1.63. The third-order valence-corrected chi connectivity index (χ3v) is 5.69. The highest BCUT2D eigenvalue weighted by Gasteiger charge is 2.37. The van der Waals surface area contributed by atoms with Gasteiger partial charge in [-0.25, -0.2) is 9.69 Å². The van der Waals surface area contributed by atoms with E-state index in [1.165, 1.54) is 6.08 Å². The first-order chi connectivity index (χ1) is 15.4. The lowest BCUT2D eigenvalue weighted by Gasteiger charge is -2.26. The third kappa shape index (κ3) is 4.22. The molecule has 1 aliphatic heterocycles. The molecule has 1 N–H and O–H groups in total. The number of anilines is 1. The molecule has 0 spiro atoms. The standard InChI is InChI=1S/C25H21ClN2O4/c1-3-15(2)16-7-9-19(10-8-16)28-24(30)21(23(29)27-25(28)31)14-20-11-12-22(32-20)17-5-4-6-18(26)13-17/h4-15H,3H2,1-2H3,(H,27,29,31). The number of carbonyl (C=O) groups excluding carboxylic acids is 3. The maximum Gasteiger partial charge on any atom is 0.335 e. The molecule has 2 aromatic carbocycles. The van der Waals surface area contributed by atoms with Gasteiger partial charge in [-0.15, -0.1) is 0 Å². The van der Waals surface area contributed by atoms with Crippen LogP contribution in [0.15, 0.2) is 70.7 Å². The van der Waals surface area contributed by atoms with Crippen LogP contribution in [0.1, 0.15) is 37.5 Å². The molecule has 1 atom stereocenters. The first kappa shape index (κ1) is 21.6. The molecule has 1 unspecified atom stereocenters. The van der Waals surface area contributed by atoms with Crippen molar-refractivity contribution in [3.8, 4) is 11.3 Å². The molecule has 0 radical (unpaired) electrons. The van der Waals surface area contributed by atoms with Crippen molar-refractivity contribution in [2.24, 2.45) is 0 Å². The van der Waals surface area contributed by atoms with Gasteiger partial charge in [-0.3, -0.25) is 14.9 Å². The summed E-state index contributed by atoms with van der Waals surface area (Å²) < 4.78 is 5.78. The highest BCUT2D eigenvalue weighted by molar-refractivity contribution is 6.39. The number of halogens is 1. The highest BCUT2D eigenvalue weighted by atomic mass is 35.5. The number of amides is 4. The van der Waals surface area contributed by atoms with Gasteiger partial charge >= 0.3 is 6.03 Å². The van der Waals surface area contributed by atoms with Crippen molar-refractivity contribution in [1.82, 2.24) is 5.32 Å². The third-order valence-electron chi connectivity index (χ3n) is 5.46.